The lowest BCUT2D eigenvalue weighted by Gasteiger charge is -2.06. The summed E-state index contributed by atoms with van der Waals surface area (Å²) < 4.78 is 6.28. The minimum absolute atomic E-state index is 0.0933. The maximum Gasteiger partial charge on any atom is 0.221 e. The van der Waals surface area contributed by atoms with Crippen LogP contribution >= 0.6 is 11.3 Å². The van der Waals surface area contributed by atoms with Crippen molar-refractivity contribution in [2.75, 3.05) is 17.7 Å². The summed E-state index contributed by atoms with van der Waals surface area (Å²) in [6.07, 6.45) is 0. The van der Waals surface area contributed by atoms with Crippen molar-refractivity contribution in [3.05, 3.63) is 42.5 Å². The normalized spacial score (nSPS) is 10.5. The Labute approximate surface area is 131 Å². The molecule has 1 aromatic heterocycles. The van der Waals surface area contributed by atoms with Crippen molar-refractivity contribution in [1.82, 2.24) is 4.98 Å². The molecule has 3 aromatic rings. The summed E-state index contributed by atoms with van der Waals surface area (Å²) >= 11 is 1.55. The minimum atomic E-state index is -0.0933. The standard InChI is InChI=1S/C16H15N3O2S/c1-10(20)17-11-4-3-5-12(8-11)18-16-19-14-7-6-13(21-2)9-15(14)22-16/h3-9H,1-2H3,(H,17,20)(H,18,19). The van der Waals surface area contributed by atoms with E-state index in [9.17, 15) is 4.79 Å². The van der Waals surface area contributed by atoms with Crippen molar-refractivity contribution >= 4 is 44.0 Å². The van der Waals surface area contributed by atoms with Gasteiger partial charge >= 0.3 is 0 Å². The number of nitrogens with one attached hydrogen (secondary N) is 2. The van der Waals surface area contributed by atoms with Crippen molar-refractivity contribution < 1.29 is 9.53 Å². The van der Waals surface area contributed by atoms with E-state index in [0.29, 0.717) is 0 Å². The highest BCUT2D eigenvalue weighted by Crippen LogP contribution is 2.31. The molecule has 1 amide bonds. The first-order valence-electron chi connectivity index (χ1n) is 6.73. The van der Waals surface area contributed by atoms with E-state index in [4.69, 9.17) is 4.74 Å². The molecule has 1 heterocycles. The average Bonchev–Trinajstić information content (AvgIpc) is 2.87. The number of nitrogens with zero attached hydrogens (tertiary/aromatic N) is 1. The van der Waals surface area contributed by atoms with Crippen molar-refractivity contribution in [3.63, 3.8) is 0 Å². The molecule has 2 aromatic carbocycles. The molecule has 0 atom stereocenters. The van der Waals surface area contributed by atoms with E-state index in [2.05, 4.69) is 15.6 Å². The van der Waals surface area contributed by atoms with Crippen LogP contribution in [0.3, 0.4) is 0 Å². The zero-order chi connectivity index (χ0) is 15.5. The number of amides is 1. The molecular formula is C16H15N3O2S. The minimum Gasteiger partial charge on any atom is -0.497 e. The molecule has 112 valence electrons. The van der Waals surface area contributed by atoms with Gasteiger partial charge in [-0.15, -0.1) is 0 Å². The summed E-state index contributed by atoms with van der Waals surface area (Å²) in [4.78, 5) is 15.6. The van der Waals surface area contributed by atoms with Gasteiger partial charge < -0.3 is 15.4 Å². The number of anilines is 3. The van der Waals surface area contributed by atoms with Gasteiger partial charge in [-0.3, -0.25) is 4.79 Å². The zero-order valence-corrected chi connectivity index (χ0v) is 13.0. The molecule has 0 spiro atoms. The van der Waals surface area contributed by atoms with Crippen molar-refractivity contribution in [2.45, 2.75) is 6.92 Å². The number of hydrogen-bond donors (Lipinski definition) is 2. The van der Waals surface area contributed by atoms with Gasteiger partial charge in [0.1, 0.15) is 5.75 Å². The number of methoxy groups -OCH3 is 1. The summed E-state index contributed by atoms with van der Waals surface area (Å²) in [7, 11) is 1.65. The first-order valence-corrected chi connectivity index (χ1v) is 7.55. The molecule has 0 saturated heterocycles. The van der Waals surface area contributed by atoms with E-state index < -0.39 is 0 Å². The topological polar surface area (TPSA) is 63.2 Å². The molecule has 0 aliphatic carbocycles. The summed E-state index contributed by atoms with van der Waals surface area (Å²) in [5, 5.41) is 6.81. The molecule has 0 fully saturated rings. The predicted molar refractivity (Wildman–Crippen MR) is 90.2 cm³/mol. The molecule has 0 aliphatic heterocycles. The number of carbonyl (C=O) groups is 1. The number of rotatable bonds is 4. The number of aromatic nitrogens is 1. The maximum atomic E-state index is 11.1. The van der Waals surface area contributed by atoms with Gasteiger partial charge in [0.25, 0.3) is 0 Å². The third-order valence-electron chi connectivity index (χ3n) is 3.03. The summed E-state index contributed by atoms with van der Waals surface area (Å²) in [6, 6.07) is 13.3. The van der Waals surface area contributed by atoms with Crippen molar-refractivity contribution in [1.29, 1.82) is 0 Å². The molecule has 22 heavy (non-hydrogen) atoms. The van der Waals surface area contributed by atoms with Crippen LogP contribution in [0, 0.1) is 0 Å². The van der Waals surface area contributed by atoms with Crippen LogP contribution in [-0.2, 0) is 4.79 Å². The number of fused-ring (bicyclic) bond motifs is 1. The molecule has 5 nitrogen and oxygen atoms in total. The van der Waals surface area contributed by atoms with E-state index in [1.165, 1.54) is 6.92 Å². The Kier molecular flexibility index (Phi) is 3.93. The highest BCUT2D eigenvalue weighted by Gasteiger charge is 2.06. The van der Waals surface area contributed by atoms with Crippen LogP contribution in [-0.4, -0.2) is 18.0 Å². The van der Waals surface area contributed by atoms with Crippen molar-refractivity contribution in [3.8, 4) is 5.75 Å². The van der Waals surface area contributed by atoms with Gasteiger partial charge in [0, 0.05) is 18.3 Å². The van der Waals surface area contributed by atoms with Crippen LogP contribution in [0.25, 0.3) is 10.2 Å². The molecule has 0 aliphatic rings. The SMILES string of the molecule is COc1ccc2nc(Nc3cccc(NC(C)=O)c3)sc2c1. The number of carbonyl (C=O) groups excluding carboxylic acids is 1. The molecule has 6 heteroatoms. The Balaban J connectivity index is 1.85. The molecule has 0 saturated carbocycles. The van der Waals surface area contributed by atoms with Crippen LogP contribution in [0.1, 0.15) is 6.92 Å². The van der Waals surface area contributed by atoms with Crippen LogP contribution in [0.15, 0.2) is 42.5 Å². The van der Waals surface area contributed by atoms with Gasteiger partial charge in [0.15, 0.2) is 5.13 Å². The second-order valence-corrected chi connectivity index (χ2v) is 5.77. The van der Waals surface area contributed by atoms with Crippen LogP contribution < -0.4 is 15.4 Å². The Morgan fingerprint density at radius 1 is 1.18 bits per heavy atom. The summed E-state index contributed by atoms with van der Waals surface area (Å²) in [5.74, 6) is 0.722. The number of benzene rings is 2. The summed E-state index contributed by atoms with van der Waals surface area (Å²) in [5.41, 5.74) is 2.55. The number of thiazole rings is 1. The quantitative estimate of drug-likeness (QED) is 0.764. The van der Waals surface area contributed by atoms with Crippen LogP contribution in [0.2, 0.25) is 0 Å². The zero-order valence-electron chi connectivity index (χ0n) is 12.2. The van der Waals surface area contributed by atoms with Gasteiger partial charge in [-0.25, -0.2) is 4.98 Å². The Bertz CT molecular complexity index is 829. The second-order valence-electron chi connectivity index (χ2n) is 4.74. The van der Waals surface area contributed by atoms with E-state index in [1.807, 2.05) is 42.5 Å². The third-order valence-corrected chi connectivity index (χ3v) is 3.96. The summed E-state index contributed by atoms with van der Waals surface area (Å²) in [6.45, 7) is 1.49. The highest BCUT2D eigenvalue weighted by molar-refractivity contribution is 7.22. The lowest BCUT2D eigenvalue weighted by molar-refractivity contribution is -0.114. The van der Waals surface area contributed by atoms with Gasteiger partial charge in [0.2, 0.25) is 5.91 Å². The van der Waals surface area contributed by atoms with E-state index >= 15 is 0 Å². The molecule has 0 bridgehead atoms. The van der Waals surface area contributed by atoms with Gasteiger partial charge in [-0.2, -0.15) is 0 Å². The monoisotopic (exact) mass is 313 g/mol. The Morgan fingerprint density at radius 2 is 2.00 bits per heavy atom. The number of ether oxygens (including phenoxy) is 1. The fraction of sp³-hybridized carbons (Fsp3) is 0.125. The Morgan fingerprint density at radius 3 is 2.77 bits per heavy atom. The maximum absolute atomic E-state index is 11.1. The predicted octanol–water partition coefficient (Wildman–Crippen LogP) is 4.01. The molecular weight excluding hydrogens is 298 g/mol. The fourth-order valence-electron chi connectivity index (χ4n) is 2.09. The molecule has 3 rings (SSSR count). The first-order chi connectivity index (χ1) is 10.6. The smallest absolute Gasteiger partial charge is 0.221 e. The molecule has 0 radical (unpaired) electrons. The van der Waals surface area contributed by atoms with Gasteiger partial charge in [-0.1, -0.05) is 17.4 Å². The highest BCUT2D eigenvalue weighted by atomic mass is 32.1. The average molecular weight is 313 g/mol. The van der Waals surface area contributed by atoms with E-state index in [0.717, 1.165) is 32.5 Å². The second kappa shape index (κ2) is 6.03. The largest absolute Gasteiger partial charge is 0.497 e. The van der Waals surface area contributed by atoms with E-state index in [1.54, 1.807) is 18.4 Å². The van der Waals surface area contributed by atoms with Crippen LogP contribution in [0.5, 0.6) is 5.75 Å². The molecule has 2 N–H and O–H groups in total. The lowest BCUT2D eigenvalue weighted by Crippen LogP contribution is -2.05. The third kappa shape index (κ3) is 3.17. The van der Waals surface area contributed by atoms with Gasteiger partial charge in [0.05, 0.1) is 17.3 Å². The Hall–Kier alpha value is -2.60. The van der Waals surface area contributed by atoms with E-state index in [-0.39, 0.29) is 5.91 Å². The number of hydrogen-bond acceptors (Lipinski definition) is 5. The van der Waals surface area contributed by atoms with Crippen molar-refractivity contribution in [2.24, 2.45) is 0 Å². The fourth-order valence-corrected chi connectivity index (χ4v) is 3.00. The van der Waals surface area contributed by atoms with Gasteiger partial charge in [-0.05, 0) is 36.4 Å². The lowest BCUT2D eigenvalue weighted by atomic mass is 10.3. The van der Waals surface area contributed by atoms with Crippen LogP contribution in [0.4, 0.5) is 16.5 Å². The molecule has 0 unspecified atom stereocenters. The first kappa shape index (κ1) is 14.3.